The molecule has 316 valence electrons. The molecule has 6 atom stereocenters. The summed E-state index contributed by atoms with van der Waals surface area (Å²) in [5.74, 6) is 2.84. The molecular weight excluding hydrogens is 743 g/mol. The van der Waals surface area contributed by atoms with E-state index >= 15 is 0 Å². The van der Waals surface area contributed by atoms with Crippen LogP contribution in [0.15, 0.2) is 97.1 Å². The molecule has 4 aliphatic rings. The number of amides is 2. The number of piperidine rings is 2. The van der Waals surface area contributed by atoms with E-state index < -0.39 is 0 Å². The minimum Gasteiger partial charge on any atom is -0.397 e. The van der Waals surface area contributed by atoms with Gasteiger partial charge in [-0.3, -0.25) is 9.59 Å². The van der Waals surface area contributed by atoms with Crippen molar-refractivity contribution in [3.63, 3.8) is 0 Å². The third kappa shape index (κ3) is 8.45. The topological polar surface area (TPSA) is 145 Å². The van der Waals surface area contributed by atoms with Crippen molar-refractivity contribution in [3.05, 3.63) is 114 Å². The third-order valence-electron chi connectivity index (χ3n) is 14.0. The molecule has 2 saturated heterocycles. The van der Waals surface area contributed by atoms with Crippen LogP contribution < -0.4 is 11.5 Å². The van der Waals surface area contributed by atoms with E-state index in [-0.39, 0.29) is 22.7 Å². The normalized spacial score (nSPS) is 24.6. The van der Waals surface area contributed by atoms with Gasteiger partial charge in [0.25, 0.3) is 0 Å². The molecule has 2 saturated carbocycles. The molecule has 6 N–H and O–H groups in total. The van der Waals surface area contributed by atoms with Crippen molar-refractivity contribution in [2.45, 2.75) is 96.8 Å². The molecule has 4 fully saturated rings. The number of hydrogen-bond acceptors (Lipinski definition) is 6. The predicted molar refractivity (Wildman–Crippen MR) is 246 cm³/mol. The Kier molecular flexibility index (Phi) is 12.8. The fraction of sp³-hybridized carbons (Fsp3) is 0.451. The van der Waals surface area contributed by atoms with Crippen LogP contribution in [-0.2, 0) is 20.4 Å². The number of imidazole rings is 1. The third-order valence-corrected chi connectivity index (χ3v) is 14.0. The zero-order valence-electron chi connectivity index (χ0n) is 36.3. The second-order valence-corrected chi connectivity index (χ2v) is 17.9. The smallest absolute Gasteiger partial charge is 0.226 e. The second kappa shape index (κ2) is 18.0. The fourth-order valence-electron chi connectivity index (χ4n) is 10.0. The van der Waals surface area contributed by atoms with Crippen molar-refractivity contribution >= 4 is 39.9 Å². The Morgan fingerprint density at radius 1 is 0.700 bits per heavy atom. The molecule has 6 unspecified atom stereocenters. The van der Waals surface area contributed by atoms with Crippen LogP contribution in [0.25, 0.3) is 22.4 Å². The van der Waals surface area contributed by atoms with Crippen molar-refractivity contribution in [2.75, 3.05) is 37.6 Å². The number of rotatable bonds is 14. The van der Waals surface area contributed by atoms with Crippen LogP contribution in [-0.4, -0.2) is 63.5 Å². The molecule has 0 radical (unpaired) electrons. The average Bonchev–Trinajstić information content (AvgIpc) is 3.71. The number of aromatic nitrogens is 2. The number of benzene rings is 4. The SMILES string of the molecule is CCCCCCN1CC2C(C1=O)C2(C)c1cccc(-c2nc3ccccc3[nH]2)c1.CCCCCCN1CC2C(C1=O)C2(C)c1cccc(C(C)=N)c1.Nc1ccccc1N. The van der Waals surface area contributed by atoms with Gasteiger partial charge in [0.2, 0.25) is 11.8 Å². The fourth-order valence-corrected chi connectivity index (χ4v) is 10.0. The van der Waals surface area contributed by atoms with E-state index in [4.69, 9.17) is 21.9 Å². The number of fused-ring (bicyclic) bond motifs is 3. The van der Waals surface area contributed by atoms with Gasteiger partial charge in [-0.15, -0.1) is 0 Å². The summed E-state index contributed by atoms with van der Waals surface area (Å²) in [5, 5.41) is 7.82. The Labute approximate surface area is 356 Å². The van der Waals surface area contributed by atoms with Gasteiger partial charge in [0, 0.05) is 48.3 Å². The molecular formula is C51H65N7O2. The lowest BCUT2D eigenvalue weighted by molar-refractivity contribution is -0.131. The quantitative estimate of drug-likeness (QED) is 0.0502. The highest BCUT2D eigenvalue weighted by atomic mass is 16.2. The van der Waals surface area contributed by atoms with Gasteiger partial charge in [-0.25, -0.2) is 4.98 Å². The van der Waals surface area contributed by atoms with Crippen LogP contribution >= 0.6 is 0 Å². The summed E-state index contributed by atoms with van der Waals surface area (Å²) >= 11 is 0. The summed E-state index contributed by atoms with van der Waals surface area (Å²) < 4.78 is 0. The van der Waals surface area contributed by atoms with Crippen LogP contribution in [0.4, 0.5) is 11.4 Å². The van der Waals surface area contributed by atoms with Crippen molar-refractivity contribution in [1.29, 1.82) is 5.41 Å². The lowest BCUT2D eigenvalue weighted by Crippen LogP contribution is -2.34. The summed E-state index contributed by atoms with van der Waals surface area (Å²) in [6.45, 7) is 14.5. The number of carbonyl (C=O) groups excluding carboxylic acids is 2. The number of unbranched alkanes of at least 4 members (excludes halogenated alkanes) is 6. The number of nitrogens with zero attached hydrogens (tertiary/aromatic N) is 3. The van der Waals surface area contributed by atoms with E-state index in [1.54, 1.807) is 12.1 Å². The van der Waals surface area contributed by atoms with Crippen molar-refractivity contribution in [2.24, 2.45) is 23.7 Å². The Bertz CT molecular complexity index is 2260. The first kappa shape index (κ1) is 42.7. The van der Waals surface area contributed by atoms with Gasteiger partial charge in [-0.05, 0) is 84.7 Å². The van der Waals surface area contributed by atoms with Gasteiger partial charge < -0.3 is 31.7 Å². The highest BCUT2D eigenvalue weighted by Gasteiger charge is 2.71. The number of nitrogen functional groups attached to an aromatic ring is 2. The molecule has 0 spiro atoms. The maximum atomic E-state index is 13.0. The number of carbonyl (C=O) groups is 2. The molecule has 9 heteroatoms. The van der Waals surface area contributed by atoms with Crippen LogP contribution in [0.1, 0.15) is 103 Å². The Morgan fingerprint density at radius 3 is 1.70 bits per heavy atom. The lowest BCUT2D eigenvalue weighted by Gasteiger charge is -2.25. The first-order valence-electron chi connectivity index (χ1n) is 22.3. The van der Waals surface area contributed by atoms with Gasteiger partial charge in [0.15, 0.2) is 0 Å². The van der Waals surface area contributed by atoms with Crippen molar-refractivity contribution in [1.82, 2.24) is 19.8 Å². The Morgan fingerprint density at radius 2 is 1.22 bits per heavy atom. The van der Waals surface area contributed by atoms with Crippen molar-refractivity contribution in [3.8, 4) is 11.4 Å². The number of para-hydroxylation sites is 4. The summed E-state index contributed by atoms with van der Waals surface area (Å²) in [4.78, 5) is 38.0. The first-order valence-corrected chi connectivity index (χ1v) is 22.3. The molecule has 60 heavy (non-hydrogen) atoms. The maximum Gasteiger partial charge on any atom is 0.226 e. The van der Waals surface area contributed by atoms with Crippen LogP contribution in [0.5, 0.6) is 0 Å². The highest BCUT2D eigenvalue weighted by Crippen LogP contribution is 2.65. The van der Waals surface area contributed by atoms with Gasteiger partial charge >= 0.3 is 0 Å². The van der Waals surface area contributed by atoms with Crippen LogP contribution in [0, 0.1) is 29.1 Å². The Hall–Kier alpha value is -5.44. The van der Waals surface area contributed by atoms with Crippen LogP contribution in [0.3, 0.4) is 0 Å². The molecule has 2 amide bonds. The lowest BCUT2D eigenvalue weighted by atomic mass is 9.90. The molecule has 9 rings (SSSR count). The summed E-state index contributed by atoms with van der Waals surface area (Å²) in [6, 6.07) is 32.2. The molecule has 1 aromatic heterocycles. The molecule has 9 nitrogen and oxygen atoms in total. The number of nitrogens with two attached hydrogens (primary N) is 2. The van der Waals surface area contributed by atoms with E-state index in [1.165, 1.54) is 49.7 Å². The van der Waals surface area contributed by atoms with E-state index in [1.807, 2.05) is 49.4 Å². The highest BCUT2D eigenvalue weighted by molar-refractivity contribution is 5.96. The number of H-pyrrole nitrogens is 1. The summed E-state index contributed by atoms with van der Waals surface area (Å²) in [7, 11) is 0. The minimum absolute atomic E-state index is 0.0114. The number of hydrogen-bond donors (Lipinski definition) is 4. The average molecular weight is 808 g/mol. The van der Waals surface area contributed by atoms with Gasteiger partial charge in [-0.1, -0.05) is 127 Å². The second-order valence-electron chi connectivity index (χ2n) is 17.9. The number of anilines is 2. The Balaban J connectivity index is 0.000000156. The maximum absolute atomic E-state index is 13.0. The van der Waals surface area contributed by atoms with Gasteiger partial charge in [0.05, 0.1) is 34.2 Å². The molecule has 0 bridgehead atoms. The molecule has 4 aromatic carbocycles. The number of likely N-dealkylation sites (tertiary alicyclic amines) is 2. The molecule has 3 heterocycles. The molecule has 2 aliphatic carbocycles. The largest absolute Gasteiger partial charge is 0.397 e. The summed E-state index contributed by atoms with van der Waals surface area (Å²) in [6.07, 6.45) is 9.73. The zero-order chi connectivity index (χ0) is 42.6. The minimum atomic E-state index is -0.0287. The van der Waals surface area contributed by atoms with Crippen LogP contribution in [0.2, 0.25) is 0 Å². The summed E-state index contributed by atoms with van der Waals surface area (Å²) in [5.41, 5.74) is 19.2. The monoisotopic (exact) mass is 808 g/mol. The number of nitrogens with one attached hydrogen (secondary N) is 2. The standard InChI is InChI=1S/C25H29N3O.C20H28N2O.C6H8N2/c1-3-4-5-8-14-28-16-19-22(24(28)29)25(19,2)18-11-9-10-17(15-18)23-26-20-12-6-7-13-21(20)27-23;1-4-5-6-7-11-22-13-17-18(19(22)23)20(17,3)16-10-8-9-15(12-16)14(2)21;7-5-3-1-2-4-6(5)8/h6-7,9-13,15,19,22H,3-5,8,14,16H2,1-2H3,(H,26,27);8-10,12,17-18,21H,4-7,11,13H2,1-3H3;1-4H,7-8H2. The van der Waals surface area contributed by atoms with E-state index in [0.717, 1.165) is 67.0 Å². The predicted octanol–water partition coefficient (Wildman–Crippen LogP) is 10.0. The van der Waals surface area contributed by atoms with Gasteiger partial charge in [-0.2, -0.15) is 0 Å². The molecule has 2 aliphatic heterocycles. The first-order chi connectivity index (χ1) is 28.9. The zero-order valence-corrected chi connectivity index (χ0v) is 36.3. The van der Waals surface area contributed by atoms with E-state index in [0.29, 0.717) is 40.7 Å². The van der Waals surface area contributed by atoms with E-state index in [9.17, 15) is 9.59 Å². The van der Waals surface area contributed by atoms with Crippen molar-refractivity contribution < 1.29 is 9.59 Å². The van der Waals surface area contributed by atoms with Gasteiger partial charge in [0.1, 0.15) is 5.82 Å². The number of aromatic amines is 1. The van der Waals surface area contributed by atoms with E-state index in [2.05, 4.69) is 84.9 Å². The molecule has 5 aromatic rings.